The van der Waals surface area contributed by atoms with E-state index >= 15 is 0 Å². The second-order valence-electron chi connectivity index (χ2n) is 4.49. The zero-order valence-electron chi connectivity index (χ0n) is 10.5. The number of nitrogen functional groups attached to an aromatic ring is 1. The molecule has 2 rings (SSSR count). The molecular weight excluding hydrogens is 306 g/mol. The van der Waals surface area contributed by atoms with Crippen molar-refractivity contribution in [2.24, 2.45) is 0 Å². The number of aromatic nitrogens is 1. The van der Waals surface area contributed by atoms with Crippen LogP contribution in [-0.2, 0) is 16.4 Å². The van der Waals surface area contributed by atoms with E-state index in [0.717, 1.165) is 5.75 Å². The highest BCUT2D eigenvalue weighted by molar-refractivity contribution is 8.00. The van der Waals surface area contributed by atoms with Gasteiger partial charge in [-0.15, -0.1) is 0 Å². The largest absolute Gasteiger partial charge is 0.384 e. The van der Waals surface area contributed by atoms with E-state index in [1.807, 2.05) is 4.90 Å². The van der Waals surface area contributed by atoms with Crippen LogP contribution in [0, 0.1) is 0 Å². The maximum Gasteiger partial charge on any atom is 0.164 e. The van der Waals surface area contributed by atoms with Gasteiger partial charge in [-0.2, -0.15) is 11.8 Å². The first kappa shape index (κ1) is 14.9. The second-order valence-corrected chi connectivity index (χ2v) is 8.25. The van der Waals surface area contributed by atoms with Crippen LogP contribution in [0.3, 0.4) is 0 Å². The number of halogens is 1. The molecule has 5 nitrogen and oxygen atoms in total. The standard InChI is InChI=1S/C11H16ClN3O2S2/c1-19(16,17)11-7-18-5-4-15(11)6-9-8(12)2-3-10(13)14-9/h2-3,11H,4-7H2,1H3,(H2,13,14). The number of sulfone groups is 1. The molecule has 1 fully saturated rings. The first-order valence-electron chi connectivity index (χ1n) is 5.79. The predicted molar refractivity (Wildman–Crippen MR) is 80.0 cm³/mol. The quantitative estimate of drug-likeness (QED) is 0.902. The van der Waals surface area contributed by atoms with Crippen LogP contribution in [0.1, 0.15) is 5.69 Å². The van der Waals surface area contributed by atoms with Crippen LogP contribution < -0.4 is 5.73 Å². The number of nitrogens with two attached hydrogens (primary N) is 1. The molecule has 2 N–H and O–H groups in total. The summed E-state index contributed by atoms with van der Waals surface area (Å²) in [7, 11) is -3.12. The molecule has 1 atom stereocenters. The van der Waals surface area contributed by atoms with Crippen molar-refractivity contribution in [3.05, 3.63) is 22.8 Å². The van der Waals surface area contributed by atoms with Crippen molar-refractivity contribution < 1.29 is 8.42 Å². The zero-order chi connectivity index (χ0) is 14.0. The Balaban J connectivity index is 2.22. The van der Waals surface area contributed by atoms with Crippen LogP contribution in [0.2, 0.25) is 5.02 Å². The molecule has 0 saturated carbocycles. The normalized spacial score (nSPS) is 21.5. The predicted octanol–water partition coefficient (Wildman–Crippen LogP) is 1.24. The van der Waals surface area contributed by atoms with E-state index in [2.05, 4.69) is 4.98 Å². The fourth-order valence-electron chi connectivity index (χ4n) is 2.00. The number of thioether (sulfide) groups is 1. The first-order chi connectivity index (χ1) is 8.88. The number of anilines is 1. The number of nitrogens with zero attached hydrogens (tertiary/aromatic N) is 2. The molecule has 106 valence electrons. The molecule has 1 aromatic rings. The van der Waals surface area contributed by atoms with Crippen LogP contribution >= 0.6 is 23.4 Å². The van der Waals surface area contributed by atoms with Gasteiger partial charge in [-0.05, 0) is 12.1 Å². The Morgan fingerprint density at radius 2 is 2.32 bits per heavy atom. The minimum Gasteiger partial charge on any atom is -0.384 e. The monoisotopic (exact) mass is 321 g/mol. The van der Waals surface area contributed by atoms with Gasteiger partial charge >= 0.3 is 0 Å². The third-order valence-corrected chi connectivity index (χ3v) is 6.01. The molecule has 1 aromatic heterocycles. The van der Waals surface area contributed by atoms with Gasteiger partial charge in [-0.25, -0.2) is 13.4 Å². The molecule has 1 aliphatic rings. The van der Waals surface area contributed by atoms with E-state index in [-0.39, 0.29) is 0 Å². The van der Waals surface area contributed by atoms with Gasteiger partial charge in [0, 0.05) is 30.9 Å². The maximum absolute atomic E-state index is 11.8. The summed E-state index contributed by atoms with van der Waals surface area (Å²) < 4.78 is 23.6. The molecule has 0 aromatic carbocycles. The van der Waals surface area contributed by atoms with E-state index in [4.69, 9.17) is 17.3 Å². The molecule has 1 unspecified atom stereocenters. The Kier molecular flexibility index (Phi) is 4.60. The molecule has 8 heteroatoms. The van der Waals surface area contributed by atoms with Gasteiger partial charge in [0.05, 0.1) is 10.7 Å². The van der Waals surface area contributed by atoms with Gasteiger partial charge in [0.2, 0.25) is 0 Å². The number of rotatable bonds is 3. The summed E-state index contributed by atoms with van der Waals surface area (Å²) in [5.41, 5.74) is 6.27. The summed E-state index contributed by atoms with van der Waals surface area (Å²) in [6, 6.07) is 3.32. The lowest BCUT2D eigenvalue weighted by molar-refractivity contribution is 0.259. The van der Waals surface area contributed by atoms with Gasteiger partial charge < -0.3 is 5.73 Å². The van der Waals surface area contributed by atoms with E-state index < -0.39 is 15.2 Å². The fourth-order valence-corrected chi connectivity index (χ4v) is 5.10. The SMILES string of the molecule is CS(=O)(=O)C1CSCCN1Cc1nc(N)ccc1Cl. The molecule has 0 bridgehead atoms. The van der Waals surface area contributed by atoms with Crippen LogP contribution in [0.4, 0.5) is 5.82 Å². The number of hydrogen-bond donors (Lipinski definition) is 1. The van der Waals surface area contributed by atoms with Crippen molar-refractivity contribution in [3.63, 3.8) is 0 Å². The van der Waals surface area contributed by atoms with Crippen LogP contribution in [0.5, 0.6) is 0 Å². The summed E-state index contributed by atoms with van der Waals surface area (Å²) in [4.78, 5) is 6.09. The summed E-state index contributed by atoms with van der Waals surface area (Å²) in [6.07, 6.45) is 1.27. The third-order valence-electron chi connectivity index (χ3n) is 2.98. The second kappa shape index (κ2) is 5.87. The Bertz CT molecular complexity index is 565. The first-order valence-corrected chi connectivity index (χ1v) is 9.28. The molecule has 0 radical (unpaired) electrons. The molecule has 1 saturated heterocycles. The molecular formula is C11H16ClN3O2S2. The van der Waals surface area contributed by atoms with E-state index in [9.17, 15) is 8.42 Å². The van der Waals surface area contributed by atoms with Gasteiger partial charge in [0.1, 0.15) is 11.2 Å². The average Bonchev–Trinajstić information content (AvgIpc) is 2.33. The van der Waals surface area contributed by atoms with E-state index in [1.54, 1.807) is 23.9 Å². The highest BCUT2D eigenvalue weighted by atomic mass is 35.5. The molecule has 19 heavy (non-hydrogen) atoms. The average molecular weight is 322 g/mol. The lowest BCUT2D eigenvalue weighted by atomic mass is 10.3. The van der Waals surface area contributed by atoms with Crippen molar-refractivity contribution in [2.45, 2.75) is 11.9 Å². The summed E-state index contributed by atoms with van der Waals surface area (Å²) in [5, 5.41) is 0.0326. The Hall–Kier alpha value is -0.500. The van der Waals surface area contributed by atoms with Crippen molar-refractivity contribution >= 4 is 39.0 Å². The summed E-state index contributed by atoms with van der Waals surface area (Å²) >= 11 is 7.73. The van der Waals surface area contributed by atoms with E-state index in [1.165, 1.54) is 6.26 Å². The fraction of sp³-hybridized carbons (Fsp3) is 0.545. The topological polar surface area (TPSA) is 76.3 Å². The van der Waals surface area contributed by atoms with Crippen molar-refractivity contribution in [3.8, 4) is 0 Å². The smallest absolute Gasteiger partial charge is 0.164 e. The third kappa shape index (κ3) is 3.75. The van der Waals surface area contributed by atoms with Crippen molar-refractivity contribution in [2.75, 3.05) is 30.0 Å². The molecule has 0 aliphatic carbocycles. The Labute approximate surface area is 122 Å². The minimum atomic E-state index is -3.12. The zero-order valence-corrected chi connectivity index (χ0v) is 12.9. The lowest BCUT2D eigenvalue weighted by Crippen LogP contribution is -2.46. The highest BCUT2D eigenvalue weighted by Gasteiger charge is 2.31. The van der Waals surface area contributed by atoms with E-state index in [0.29, 0.717) is 35.4 Å². The molecule has 0 amide bonds. The number of hydrogen-bond acceptors (Lipinski definition) is 6. The van der Waals surface area contributed by atoms with Gasteiger partial charge in [-0.3, -0.25) is 4.90 Å². The Morgan fingerprint density at radius 3 is 3.00 bits per heavy atom. The van der Waals surface area contributed by atoms with Crippen molar-refractivity contribution in [1.82, 2.24) is 9.88 Å². The maximum atomic E-state index is 11.8. The van der Waals surface area contributed by atoms with Crippen LogP contribution in [-0.4, -0.2) is 48.0 Å². The van der Waals surface area contributed by atoms with Crippen molar-refractivity contribution in [1.29, 1.82) is 0 Å². The van der Waals surface area contributed by atoms with Crippen LogP contribution in [0.15, 0.2) is 12.1 Å². The van der Waals surface area contributed by atoms with Crippen LogP contribution in [0.25, 0.3) is 0 Å². The van der Waals surface area contributed by atoms with Gasteiger partial charge in [0.15, 0.2) is 9.84 Å². The number of pyridine rings is 1. The molecule has 0 spiro atoms. The Morgan fingerprint density at radius 1 is 1.58 bits per heavy atom. The lowest BCUT2D eigenvalue weighted by Gasteiger charge is -2.33. The minimum absolute atomic E-state index is 0.390. The molecule has 1 aliphatic heterocycles. The summed E-state index contributed by atoms with van der Waals surface area (Å²) in [5.74, 6) is 1.88. The summed E-state index contributed by atoms with van der Waals surface area (Å²) in [6.45, 7) is 1.11. The molecule has 2 heterocycles. The van der Waals surface area contributed by atoms with Gasteiger partial charge in [-0.1, -0.05) is 11.6 Å². The highest BCUT2D eigenvalue weighted by Crippen LogP contribution is 2.24. The van der Waals surface area contributed by atoms with Gasteiger partial charge in [0.25, 0.3) is 0 Å².